The van der Waals surface area contributed by atoms with Gasteiger partial charge in [0.2, 0.25) is 0 Å². The van der Waals surface area contributed by atoms with E-state index in [2.05, 4.69) is 65.5 Å². The molecule has 47 heavy (non-hydrogen) atoms. The molecule has 0 radical (unpaired) electrons. The highest BCUT2D eigenvalue weighted by atomic mass is 16.4. The molecule has 6 rings (SSSR count). The first-order chi connectivity index (χ1) is 22.5. The number of benzene rings is 1. The van der Waals surface area contributed by atoms with E-state index in [-0.39, 0.29) is 61.2 Å². The summed E-state index contributed by atoms with van der Waals surface area (Å²) in [6.45, 7) is 5.66. The lowest BCUT2D eigenvalue weighted by Gasteiger charge is -2.49. The number of nitrogens with zero attached hydrogens (tertiary/aromatic N) is 1. The van der Waals surface area contributed by atoms with Crippen molar-refractivity contribution in [1.29, 1.82) is 0 Å². The van der Waals surface area contributed by atoms with Crippen molar-refractivity contribution in [3.05, 3.63) is 35.4 Å². The number of carboxylic acids is 1. The zero-order chi connectivity index (χ0) is 33.2. The van der Waals surface area contributed by atoms with Crippen LogP contribution >= 0.6 is 0 Å². The van der Waals surface area contributed by atoms with E-state index in [1.165, 1.54) is 11.1 Å². The van der Waals surface area contributed by atoms with Crippen LogP contribution in [0.15, 0.2) is 24.3 Å². The zero-order valence-corrected chi connectivity index (χ0v) is 28.7. The minimum atomic E-state index is -1.38. The van der Waals surface area contributed by atoms with Crippen molar-refractivity contribution in [3.63, 3.8) is 0 Å². The van der Waals surface area contributed by atoms with Crippen LogP contribution in [0.2, 0.25) is 0 Å². The fraction of sp³-hybridized carbons (Fsp3) is 0.769. The van der Waals surface area contributed by atoms with Gasteiger partial charge >= 0.3 is 5.97 Å². The lowest BCUT2D eigenvalue weighted by atomic mass is 9.71. The molecule has 260 valence electrons. The van der Waals surface area contributed by atoms with Crippen molar-refractivity contribution < 1.29 is 25.2 Å². The topological polar surface area (TPSA) is 125 Å². The third kappa shape index (κ3) is 8.79. The molecule has 11 atom stereocenters. The number of nitrogens with one attached hydrogen (secondary N) is 2. The summed E-state index contributed by atoms with van der Waals surface area (Å²) in [6.07, 6.45) is 10.7. The second kappa shape index (κ2) is 14.9. The Morgan fingerprint density at radius 2 is 1.83 bits per heavy atom. The smallest absolute Gasteiger partial charge is 0.306 e. The van der Waals surface area contributed by atoms with Crippen molar-refractivity contribution in [2.24, 2.45) is 23.7 Å². The molecular formula is C39H59N3O5. The van der Waals surface area contributed by atoms with Gasteiger partial charge in [0.25, 0.3) is 0 Å². The first-order valence-corrected chi connectivity index (χ1v) is 18.6. The van der Waals surface area contributed by atoms with Crippen molar-refractivity contribution in [1.82, 2.24) is 15.5 Å². The molecule has 3 fully saturated rings. The number of carbonyl (C=O) groups is 1. The molecule has 6 bridgehead atoms. The summed E-state index contributed by atoms with van der Waals surface area (Å²) in [5.41, 5.74) is 1.09. The molecule has 11 unspecified atom stereocenters. The number of carboxylic acid groups (broad SMARTS) is 1. The van der Waals surface area contributed by atoms with Gasteiger partial charge in [-0.1, -0.05) is 30.2 Å². The maximum atomic E-state index is 11.9. The maximum Gasteiger partial charge on any atom is 0.306 e. The van der Waals surface area contributed by atoms with Crippen molar-refractivity contribution in [2.45, 2.75) is 145 Å². The number of aliphatic hydroxyl groups excluding tert-OH is 2. The van der Waals surface area contributed by atoms with E-state index in [0.29, 0.717) is 30.7 Å². The van der Waals surface area contributed by atoms with E-state index in [0.717, 1.165) is 77.2 Å². The highest BCUT2D eigenvalue weighted by Crippen LogP contribution is 2.41. The largest absolute Gasteiger partial charge is 0.481 e. The third-order valence-corrected chi connectivity index (χ3v) is 12.6. The van der Waals surface area contributed by atoms with E-state index in [1.54, 1.807) is 0 Å². The van der Waals surface area contributed by atoms with Crippen LogP contribution in [0.3, 0.4) is 0 Å². The summed E-state index contributed by atoms with van der Waals surface area (Å²) in [6, 6.07) is 10.4. The van der Waals surface area contributed by atoms with Crippen molar-refractivity contribution >= 4 is 5.97 Å². The summed E-state index contributed by atoms with van der Waals surface area (Å²) in [4.78, 5) is 14.5. The van der Waals surface area contributed by atoms with Gasteiger partial charge in [0.05, 0.1) is 18.1 Å². The Morgan fingerprint density at radius 3 is 2.62 bits per heavy atom. The van der Waals surface area contributed by atoms with Gasteiger partial charge < -0.3 is 31.1 Å². The molecule has 1 aromatic rings. The summed E-state index contributed by atoms with van der Waals surface area (Å²) < 4.78 is 0. The van der Waals surface area contributed by atoms with Crippen molar-refractivity contribution in [2.75, 3.05) is 19.7 Å². The molecule has 3 saturated heterocycles. The average Bonchev–Trinajstić information content (AvgIpc) is 3.02. The van der Waals surface area contributed by atoms with Crippen LogP contribution in [0.5, 0.6) is 0 Å². The van der Waals surface area contributed by atoms with Crippen LogP contribution in [0.25, 0.3) is 0 Å². The SMILES string of the molecule is CC1C(O)CCC2CC(C3Cc4cccc(c4)CC4CC5(C)CC(CC#CC(CC(CO)CCC(O)(CC(=O)O)CN5)C3)N4)CCN21. The molecule has 0 amide bonds. The summed E-state index contributed by atoms with van der Waals surface area (Å²) in [5.74, 6) is 7.48. The summed E-state index contributed by atoms with van der Waals surface area (Å²) in [7, 11) is 0. The number of rotatable bonds is 4. The molecule has 0 aromatic heterocycles. The van der Waals surface area contributed by atoms with E-state index in [9.17, 15) is 25.2 Å². The number of β-amino-alcohol motifs (C(OH)–C–C–N with tert-alkyl or cyclic N) is 1. The molecule has 0 saturated carbocycles. The summed E-state index contributed by atoms with van der Waals surface area (Å²) >= 11 is 0. The highest BCUT2D eigenvalue weighted by molar-refractivity contribution is 5.68. The number of fused-ring (bicyclic) bond motifs is 7. The Labute approximate surface area is 282 Å². The normalized spacial score (nSPS) is 41.8. The highest BCUT2D eigenvalue weighted by Gasteiger charge is 2.42. The van der Waals surface area contributed by atoms with Gasteiger partial charge in [-0.25, -0.2) is 0 Å². The predicted octanol–water partition coefficient (Wildman–Crippen LogP) is 3.89. The molecule has 1 aromatic carbocycles. The van der Waals surface area contributed by atoms with Gasteiger partial charge in [0, 0.05) is 55.2 Å². The van der Waals surface area contributed by atoms with Crippen molar-refractivity contribution in [3.8, 4) is 11.8 Å². The Hall–Kier alpha value is -1.99. The molecule has 0 aliphatic carbocycles. The Bertz CT molecular complexity index is 1300. The minimum Gasteiger partial charge on any atom is -0.481 e. The minimum absolute atomic E-state index is 0.00568. The molecular weight excluding hydrogens is 590 g/mol. The second-order valence-electron chi connectivity index (χ2n) is 16.5. The average molecular weight is 650 g/mol. The Morgan fingerprint density at radius 1 is 1.04 bits per heavy atom. The van der Waals surface area contributed by atoms with Gasteiger partial charge in [-0.05, 0) is 126 Å². The fourth-order valence-electron chi connectivity index (χ4n) is 10.1. The fourth-order valence-corrected chi connectivity index (χ4v) is 10.1. The van der Waals surface area contributed by atoms with Crippen LogP contribution < -0.4 is 10.6 Å². The van der Waals surface area contributed by atoms with Crippen LogP contribution in [-0.4, -0.2) is 92.4 Å². The molecule has 0 spiro atoms. The van der Waals surface area contributed by atoms with Gasteiger partial charge in [0.15, 0.2) is 0 Å². The quantitative estimate of drug-likeness (QED) is 0.272. The Kier molecular flexibility index (Phi) is 11.0. The van der Waals surface area contributed by atoms with Crippen LogP contribution in [0.4, 0.5) is 0 Å². The van der Waals surface area contributed by atoms with Gasteiger partial charge in [0.1, 0.15) is 0 Å². The van der Waals surface area contributed by atoms with Crippen LogP contribution in [0.1, 0.15) is 102 Å². The first kappa shape index (κ1) is 34.9. The number of piperidine rings is 3. The third-order valence-electron chi connectivity index (χ3n) is 12.6. The number of hydrogen-bond acceptors (Lipinski definition) is 7. The molecule has 5 aliphatic rings. The van der Waals surface area contributed by atoms with E-state index in [1.807, 2.05) is 0 Å². The molecule has 8 heteroatoms. The number of aliphatic hydroxyl groups is 3. The number of aliphatic carboxylic acids is 1. The molecule has 5 aliphatic heterocycles. The molecule has 8 nitrogen and oxygen atoms in total. The first-order valence-electron chi connectivity index (χ1n) is 18.6. The lowest BCUT2D eigenvalue weighted by Crippen LogP contribution is -2.61. The lowest BCUT2D eigenvalue weighted by molar-refractivity contribution is -0.143. The predicted molar refractivity (Wildman–Crippen MR) is 184 cm³/mol. The Balaban J connectivity index is 1.34. The van der Waals surface area contributed by atoms with E-state index < -0.39 is 11.6 Å². The van der Waals surface area contributed by atoms with Crippen LogP contribution in [0, 0.1) is 35.5 Å². The molecule has 6 N–H and O–H groups in total. The number of hydrogen-bond donors (Lipinski definition) is 6. The van der Waals surface area contributed by atoms with E-state index >= 15 is 0 Å². The second-order valence-corrected chi connectivity index (χ2v) is 16.5. The zero-order valence-electron chi connectivity index (χ0n) is 28.7. The monoisotopic (exact) mass is 649 g/mol. The van der Waals surface area contributed by atoms with Crippen LogP contribution in [-0.2, 0) is 17.6 Å². The van der Waals surface area contributed by atoms with Gasteiger partial charge in [-0.3, -0.25) is 9.69 Å². The van der Waals surface area contributed by atoms with Gasteiger partial charge in [-0.2, -0.15) is 0 Å². The molecule has 5 heterocycles. The van der Waals surface area contributed by atoms with Gasteiger partial charge in [-0.15, -0.1) is 5.92 Å². The standard InChI is InChI=1S/C39H59N3O5/c1-26-36(44)10-9-35-20-31(12-14-42(26)35)32-17-27-5-3-6-29(15-27)19-34-22-38(2)21-33(41-34)8-4-7-28(18-32)16-30(24-43)11-13-39(47,25-40-38)23-37(45)46/h3,5-6,15,26,28,30-36,40-41,43-44,47H,8-14,16-25H2,1-2H3,(H,45,46). The summed E-state index contributed by atoms with van der Waals surface area (Å²) in [5, 5.41) is 50.2. The van der Waals surface area contributed by atoms with E-state index in [4.69, 9.17) is 0 Å². The maximum absolute atomic E-state index is 11.9.